The summed E-state index contributed by atoms with van der Waals surface area (Å²) in [4.78, 5) is 3.71. The highest BCUT2D eigenvalue weighted by Gasteiger charge is 1.70. The van der Waals surface area contributed by atoms with E-state index < -0.39 is 0 Å². The molecule has 0 fully saturated rings. The number of aromatic nitrogens is 2. The molecule has 1 aromatic rings. The quantitative estimate of drug-likeness (QED) is 0.472. The van der Waals surface area contributed by atoms with Gasteiger partial charge in [0.15, 0.2) is 0 Å². The Morgan fingerprint density at radius 3 is 2.67 bits per heavy atom. The summed E-state index contributed by atoms with van der Waals surface area (Å²) in [6.45, 7) is 0. The summed E-state index contributed by atoms with van der Waals surface area (Å²) in [6, 6.07) is 0. The van der Waals surface area contributed by atoms with Crippen LogP contribution in [0.4, 0.5) is 0 Å². The van der Waals surface area contributed by atoms with E-state index in [0.29, 0.717) is 0 Å². The second-order valence-electron chi connectivity index (χ2n) is 0.943. The molecule has 32 valence electrons. The van der Waals surface area contributed by atoms with Gasteiger partial charge in [-0.1, -0.05) is 12.8 Å². The Bertz CT molecular complexity index is 112. The van der Waals surface area contributed by atoms with E-state index in [0.717, 1.165) is 0 Å². The molecule has 0 unspecified atom stereocenters. The fourth-order valence-corrected chi connectivity index (χ4v) is 0.371. The van der Waals surface area contributed by atoms with Gasteiger partial charge in [0.05, 0.1) is 0 Å². The fourth-order valence-electron chi connectivity index (χ4n) is 0.252. The molecule has 1 rings (SSSR count). The lowest BCUT2D eigenvalue weighted by molar-refractivity contribution is 1.25. The van der Waals surface area contributed by atoms with Crippen molar-refractivity contribution in [1.82, 2.24) is 8.96 Å². The minimum absolute atomic E-state index is 1.58. The Morgan fingerprint density at radius 1 is 1.67 bits per heavy atom. The molecular weight excluding hydrogens is 96.1 g/mol. The number of rotatable bonds is 0. The molecule has 0 saturated heterocycles. The molecule has 2 nitrogen and oxygen atoms in total. The molecule has 3 heteroatoms. The van der Waals surface area contributed by atoms with Gasteiger partial charge >= 0.3 is 0 Å². The van der Waals surface area contributed by atoms with Crippen molar-refractivity contribution in [3.63, 3.8) is 0 Å². The van der Waals surface area contributed by atoms with Crippen LogP contribution in [0.5, 0.6) is 0 Å². The summed E-state index contributed by atoms with van der Waals surface area (Å²) in [5, 5.41) is 0. The molecule has 0 aliphatic carbocycles. The molecule has 0 amide bonds. The molecule has 0 radical (unpaired) electrons. The molecule has 0 N–H and O–H groups in total. The molecule has 0 saturated carbocycles. The lowest BCUT2D eigenvalue weighted by Gasteiger charge is -1.74. The topological polar surface area (TPSA) is 17.8 Å². The van der Waals surface area contributed by atoms with Crippen molar-refractivity contribution in [3.05, 3.63) is 18.7 Å². The van der Waals surface area contributed by atoms with Crippen LogP contribution in [0.1, 0.15) is 0 Å². The number of nitrogens with zero attached hydrogens (tertiary/aromatic N) is 2. The zero-order chi connectivity index (χ0) is 4.41. The van der Waals surface area contributed by atoms with Gasteiger partial charge in [0, 0.05) is 12.4 Å². The van der Waals surface area contributed by atoms with Gasteiger partial charge in [-0.15, -0.1) is 0 Å². The van der Waals surface area contributed by atoms with Crippen LogP contribution >= 0.6 is 12.8 Å². The summed E-state index contributed by atoms with van der Waals surface area (Å²) in [5.41, 5.74) is 0. The maximum absolute atomic E-state index is 3.89. The van der Waals surface area contributed by atoms with Gasteiger partial charge < -0.3 is 0 Å². The minimum atomic E-state index is 1.58. The van der Waals surface area contributed by atoms with Crippen molar-refractivity contribution >= 4 is 12.8 Å². The molecular formula is C3H4N2S. The van der Waals surface area contributed by atoms with E-state index in [1.807, 2.05) is 0 Å². The molecule has 0 aliphatic heterocycles. The van der Waals surface area contributed by atoms with Gasteiger partial charge in [0.2, 0.25) is 0 Å². The number of hydrogen-bond donors (Lipinski definition) is 1. The smallest absolute Gasteiger partial charge is 0.104 e. The van der Waals surface area contributed by atoms with Gasteiger partial charge in [-0.2, -0.15) is 0 Å². The van der Waals surface area contributed by atoms with E-state index >= 15 is 0 Å². The van der Waals surface area contributed by atoms with Crippen LogP contribution in [0.15, 0.2) is 18.7 Å². The third-order valence-corrected chi connectivity index (χ3v) is 0.727. The largest absolute Gasteiger partial charge is 0.283 e. The molecule has 0 spiro atoms. The highest BCUT2D eigenvalue weighted by molar-refractivity contribution is 7.78. The zero-order valence-corrected chi connectivity index (χ0v) is 3.97. The Balaban J connectivity index is 3.05. The highest BCUT2D eigenvalue weighted by Crippen LogP contribution is 1.82. The second kappa shape index (κ2) is 1.34. The normalized spacial score (nSPS) is 8.83. The van der Waals surface area contributed by atoms with E-state index in [1.165, 1.54) is 0 Å². The first kappa shape index (κ1) is 3.74. The van der Waals surface area contributed by atoms with E-state index in [9.17, 15) is 0 Å². The molecule has 0 bridgehead atoms. The molecule has 0 atom stereocenters. The van der Waals surface area contributed by atoms with Crippen LogP contribution < -0.4 is 0 Å². The third-order valence-electron chi connectivity index (χ3n) is 0.490. The van der Waals surface area contributed by atoms with Gasteiger partial charge in [0.1, 0.15) is 6.33 Å². The summed E-state index contributed by atoms with van der Waals surface area (Å²) in [6.07, 6.45) is 5.04. The van der Waals surface area contributed by atoms with Crippen molar-refractivity contribution in [2.45, 2.75) is 0 Å². The number of thiol groups is 1. The van der Waals surface area contributed by atoms with Gasteiger partial charge in [-0.05, 0) is 0 Å². The Hall–Kier alpha value is -0.440. The molecule has 0 aromatic carbocycles. The molecule has 6 heavy (non-hydrogen) atoms. The summed E-state index contributed by atoms with van der Waals surface area (Å²) < 4.78 is 1.58. The van der Waals surface area contributed by atoms with Crippen LogP contribution in [0, 0.1) is 0 Å². The lowest BCUT2D eigenvalue weighted by Crippen LogP contribution is -1.65. The van der Waals surface area contributed by atoms with Crippen LogP contribution in [-0.2, 0) is 0 Å². The Labute approximate surface area is 41.4 Å². The summed E-state index contributed by atoms with van der Waals surface area (Å²) in [7, 11) is 0. The van der Waals surface area contributed by atoms with E-state index in [-0.39, 0.29) is 0 Å². The predicted octanol–water partition coefficient (Wildman–Crippen LogP) is 0.576. The molecule has 1 heterocycles. The standard InChI is InChI=1S/C3H4N2S/c6-5-2-1-4-3-5/h1-3,6H. The first-order valence-electron chi connectivity index (χ1n) is 1.57. The van der Waals surface area contributed by atoms with Crippen molar-refractivity contribution in [2.24, 2.45) is 0 Å². The Kier molecular flexibility index (Phi) is 0.837. The van der Waals surface area contributed by atoms with Gasteiger partial charge in [-0.25, -0.2) is 4.98 Å². The number of hydrogen-bond acceptors (Lipinski definition) is 2. The van der Waals surface area contributed by atoms with Crippen LogP contribution in [0.2, 0.25) is 0 Å². The molecule has 0 aliphatic rings. The second-order valence-corrected chi connectivity index (χ2v) is 1.40. The van der Waals surface area contributed by atoms with Crippen molar-refractivity contribution in [3.8, 4) is 0 Å². The SMILES string of the molecule is Sn1ccnc1. The fraction of sp³-hybridized carbons (Fsp3) is 0. The zero-order valence-electron chi connectivity index (χ0n) is 3.07. The number of imidazole rings is 1. The Morgan fingerprint density at radius 2 is 2.50 bits per heavy atom. The monoisotopic (exact) mass is 100 g/mol. The highest BCUT2D eigenvalue weighted by atomic mass is 32.1. The van der Waals surface area contributed by atoms with Crippen LogP contribution in [0.25, 0.3) is 0 Å². The van der Waals surface area contributed by atoms with E-state index in [2.05, 4.69) is 17.8 Å². The van der Waals surface area contributed by atoms with E-state index in [4.69, 9.17) is 0 Å². The summed E-state index contributed by atoms with van der Waals surface area (Å²) >= 11 is 3.89. The third kappa shape index (κ3) is 0.542. The van der Waals surface area contributed by atoms with Crippen LogP contribution in [0.3, 0.4) is 0 Å². The maximum Gasteiger partial charge on any atom is 0.104 e. The lowest BCUT2D eigenvalue weighted by atomic mass is 11.0. The summed E-state index contributed by atoms with van der Waals surface area (Å²) in [5.74, 6) is 0. The predicted molar refractivity (Wildman–Crippen MR) is 26.6 cm³/mol. The average molecular weight is 100 g/mol. The van der Waals surface area contributed by atoms with E-state index in [1.54, 1.807) is 22.7 Å². The van der Waals surface area contributed by atoms with Crippen molar-refractivity contribution in [1.29, 1.82) is 0 Å². The maximum atomic E-state index is 3.89. The van der Waals surface area contributed by atoms with Gasteiger partial charge in [0.25, 0.3) is 0 Å². The minimum Gasteiger partial charge on any atom is -0.283 e. The van der Waals surface area contributed by atoms with Crippen LogP contribution in [-0.4, -0.2) is 8.96 Å². The van der Waals surface area contributed by atoms with Crippen molar-refractivity contribution < 1.29 is 0 Å². The average Bonchev–Trinajstić information content (AvgIpc) is 1.86. The van der Waals surface area contributed by atoms with Crippen molar-refractivity contribution in [2.75, 3.05) is 0 Å². The first-order valence-corrected chi connectivity index (χ1v) is 1.97. The first-order chi connectivity index (χ1) is 2.89. The molecule has 1 aromatic heterocycles. The van der Waals surface area contributed by atoms with Gasteiger partial charge in [-0.3, -0.25) is 3.97 Å².